The van der Waals surface area contributed by atoms with Crippen molar-refractivity contribution in [2.75, 3.05) is 26.4 Å². The van der Waals surface area contributed by atoms with Crippen LogP contribution in [0.5, 0.6) is 0 Å². The van der Waals surface area contributed by atoms with E-state index in [-0.39, 0.29) is 19.1 Å². The second-order valence-corrected chi connectivity index (χ2v) is 7.84. The van der Waals surface area contributed by atoms with E-state index < -0.39 is 5.97 Å². The van der Waals surface area contributed by atoms with Crippen molar-refractivity contribution < 1.29 is 24.5 Å². The van der Waals surface area contributed by atoms with Crippen LogP contribution in [-0.4, -0.2) is 48.7 Å². The molecule has 0 saturated carbocycles. The Hall–Kier alpha value is -0.650. The van der Waals surface area contributed by atoms with Crippen molar-refractivity contribution in [3.63, 3.8) is 0 Å². The van der Waals surface area contributed by atoms with Gasteiger partial charge >= 0.3 is 5.97 Å². The molecule has 5 nitrogen and oxygen atoms in total. The number of carbonyl (C=O) groups is 1. The van der Waals surface area contributed by atoms with Crippen LogP contribution in [0.25, 0.3) is 0 Å². The highest BCUT2D eigenvalue weighted by Gasteiger charge is 2.08. The number of aliphatic hydroxyl groups excluding tert-OH is 1. The van der Waals surface area contributed by atoms with E-state index in [0.29, 0.717) is 26.2 Å². The smallest absolute Gasteiger partial charge is 0.303 e. The highest BCUT2D eigenvalue weighted by atomic mass is 16.5. The van der Waals surface area contributed by atoms with Gasteiger partial charge in [-0.1, -0.05) is 90.4 Å². The summed E-state index contributed by atoms with van der Waals surface area (Å²) in [4.78, 5) is 10.4. The summed E-state index contributed by atoms with van der Waals surface area (Å²) in [5.41, 5.74) is 0. The number of carboxylic acids is 1. The van der Waals surface area contributed by atoms with Crippen molar-refractivity contribution in [1.29, 1.82) is 0 Å². The lowest BCUT2D eigenvalue weighted by Crippen LogP contribution is -2.25. The lowest BCUT2D eigenvalue weighted by atomic mass is 10.0. The number of aliphatic hydroxyl groups is 1. The van der Waals surface area contributed by atoms with Crippen LogP contribution >= 0.6 is 0 Å². The Morgan fingerprint density at radius 1 is 0.750 bits per heavy atom. The monoisotopic (exact) mass is 402 g/mol. The highest BCUT2D eigenvalue weighted by molar-refractivity contribution is 5.66. The SMILES string of the molecule is CCCCCCCCCCCCCCCCOCC(CO)OCCCC(=O)O. The topological polar surface area (TPSA) is 76.0 Å². The molecule has 0 aliphatic rings. The fourth-order valence-corrected chi connectivity index (χ4v) is 3.24. The fourth-order valence-electron chi connectivity index (χ4n) is 3.24. The van der Waals surface area contributed by atoms with Crippen molar-refractivity contribution in [2.45, 2.75) is 116 Å². The molecular formula is C23H46O5. The number of ether oxygens (including phenoxy) is 2. The van der Waals surface area contributed by atoms with E-state index in [0.717, 1.165) is 6.42 Å². The normalized spacial score (nSPS) is 12.4. The zero-order valence-electron chi connectivity index (χ0n) is 18.3. The third kappa shape index (κ3) is 21.6. The van der Waals surface area contributed by atoms with E-state index in [1.165, 1.54) is 83.5 Å². The van der Waals surface area contributed by atoms with Gasteiger partial charge in [-0.2, -0.15) is 0 Å². The van der Waals surface area contributed by atoms with Gasteiger partial charge in [-0.15, -0.1) is 0 Å². The van der Waals surface area contributed by atoms with E-state index in [9.17, 15) is 9.90 Å². The maximum absolute atomic E-state index is 10.4. The molecule has 5 heteroatoms. The Balaban J connectivity index is 3.22. The predicted molar refractivity (Wildman–Crippen MR) is 115 cm³/mol. The number of rotatable bonds is 23. The van der Waals surface area contributed by atoms with Crippen molar-refractivity contribution in [1.82, 2.24) is 0 Å². The fraction of sp³-hybridized carbons (Fsp3) is 0.957. The molecule has 0 bridgehead atoms. The standard InChI is InChI=1S/C23H46O5/c1-2-3-4-5-6-7-8-9-10-11-12-13-14-15-18-27-21-22(20-24)28-19-16-17-23(25)26/h22,24H,2-21H2,1H3,(H,25,26). The van der Waals surface area contributed by atoms with Gasteiger partial charge in [-0.25, -0.2) is 0 Å². The Bertz CT molecular complexity index is 322. The Morgan fingerprint density at radius 2 is 1.25 bits per heavy atom. The molecule has 0 radical (unpaired) electrons. The summed E-state index contributed by atoms with van der Waals surface area (Å²) >= 11 is 0. The van der Waals surface area contributed by atoms with Gasteiger partial charge in [0.2, 0.25) is 0 Å². The molecule has 0 aromatic rings. The number of hydrogen-bond acceptors (Lipinski definition) is 4. The Labute approximate surface area is 173 Å². The van der Waals surface area contributed by atoms with Gasteiger partial charge < -0.3 is 19.7 Å². The third-order valence-corrected chi connectivity index (χ3v) is 5.04. The first-order valence-electron chi connectivity index (χ1n) is 11.7. The van der Waals surface area contributed by atoms with Crippen LogP contribution in [0.3, 0.4) is 0 Å². The van der Waals surface area contributed by atoms with Gasteiger partial charge in [-0.05, 0) is 12.8 Å². The van der Waals surface area contributed by atoms with Gasteiger partial charge in [0.15, 0.2) is 0 Å². The molecule has 0 aromatic carbocycles. The van der Waals surface area contributed by atoms with E-state index in [1.807, 2.05) is 0 Å². The Kier molecular flexibility index (Phi) is 22.1. The van der Waals surface area contributed by atoms with E-state index in [2.05, 4.69) is 6.92 Å². The zero-order valence-corrected chi connectivity index (χ0v) is 18.3. The average molecular weight is 403 g/mol. The van der Waals surface area contributed by atoms with Crippen LogP contribution < -0.4 is 0 Å². The number of aliphatic carboxylic acids is 1. The predicted octanol–water partition coefficient (Wildman–Crippen LogP) is 5.73. The number of unbranched alkanes of at least 4 members (excludes halogenated alkanes) is 13. The summed E-state index contributed by atoms with van der Waals surface area (Å²) in [6.45, 7) is 3.60. The first-order chi connectivity index (χ1) is 13.7. The summed E-state index contributed by atoms with van der Waals surface area (Å²) in [6, 6.07) is 0. The van der Waals surface area contributed by atoms with Crippen LogP contribution in [0.2, 0.25) is 0 Å². The van der Waals surface area contributed by atoms with Crippen LogP contribution in [-0.2, 0) is 14.3 Å². The van der Waals surface area contributed by atoms with E-state index in [1.54, 1.807) is 0 Å². The second-order valence-electron chi connectivity index (χ2n) is 7.84. The molecule has 0 aliphatic heterocycles. The average Bonchev–Trinajstić information content (AvgIpc) is 2.69. The molecule has 0 fully saturated rings. The summed E-state index contributed by atoms with van der Waals surface area (Å²) in [5, 5.41) is 17.8. The highest BCUT2D eigenvalue weighted by Crippen LogP contribution is 2.13. The van der Waals surface area contributed by atoms with Gasteiger partial charge in [-0.3, -0.25) is 4.79 Å². The molecule has 0 amide bonds. The molecule has 0 rings (SSSR count). The largest absolute Gasteiger partial charge is 0.481 e. The van der Waals surface area contributed by atoms with Gasteiger partial charge in [0, 0.05) is 19.6 Å². The molecule has 168 valence electrons. The van der Waals surface area contributed by atoms with E-state index >= 15 is 0 Å². The molecule has 0 heterocycles. The summed E-state index contributed by atoms with van der Waals surface area (Å²) < 4.78 is 11.0. The minimum Gasteiger partial charge on any atom is -0.481 e. The molecule has 0 aliphatic carbocycles. The summed E-state index contributed by atoms with van der Waals surface area (Å²) in [6.07, 6.45) is 19.0. The molecule has 0 spiro atoms. The zero-order chi connectivity index (χ0) is 20.7. The number of hydrogen-bond donors (Lipinski definition) is 2. The molecule has 1 unspecified atom stereocenters. The van der Waals surface area contributed by atoms with Crippen molar-refractivity contribution >= 4 is 5.97 Å². The second kappa shape index (κ2) is 22.6. The minimum absolute atomic E-state index is 0.0915. The summed E-state index contributed by atoms with van der Waals surface area (Å²) in [5.74, 6) is -0.821. The lowest BCUT2D eigenvalue weighted by Gasteiger charge is -2.15. The number of carboxylic acid groups (broad SMARTS) is 1. The van der Waals surface area contributed by atoms with E-state index in [4.69, 9.17) is 14.6 Å². The molecule has 28 heavy (non-hydrogen) atoms. The first kappa shape index (κ1) is 27.4. The minimum atomic E-state index is -0.821. The molecule has 0 saturated heterocycles. The maximum Gasteiger partial charge on any atom is 0.303 e. The third-order valence-electron chi connectivity index (χ3n) is 5.04. The molecular weight excluding hydrogens is 356 g/mol. The van der Waals surface area contributed by atoms with Gasteiger partial charge in [0.25, 0.3) is 0 Å². The van der Waals surface area contributed by atoms with Gasteiger partial charge in [0.1, 0.15) is 6.10 Å². The van der Waals surface area contributed by atoms with Crippen LogP contribution in [0, 0.1) is 0 Å². The molecule has 0 aromatic heterocycles. The van der Waals surface area contributed by atoms with Crippen molar-refractivity contribution in [2.24, 2.45) is 0 Å². The maximum atomic E-state index is 10.4. The lowest BCUT2D eigenvalue weighted by molar-refractivity contribution is -0.137. The first-order valence-corrected chi connectivity index (χ1v) is 11.7. The van der Waals surface area contributed by atoms with Crippen LogP contribution in [0.1, 0.15) is 110 Å². The quantitative estimate of drug-likeness (QED) is 0.214. The van der Waals surface area contributed by atoms with Crippen molar-refractivity contribution in [3.05, 3.63) is 0 Å². The summed E-state index contributed by atoms with van der Waals surface area (Å²) in [7, 11) is 0. The van der Waals surface area contributed by atoms with Crippen LogP contribution in [0.15, 0.2) is 0 Å². The molecule has 2 N–H and O–H groups in total. The Morgan fingerprint density at radius 3 is 1.71 bits per heavy atom. The molecule has 1 atom stereocenters. The van der Waals surface area contributed by atoms with Crippen molar-refractivity contribution in [3.8, 4) is 0 Å². The van der Waals surface area contributed by atoms with Crippen LogP contribution in [0.4, 0.5) is 0 Å². The van der Waals surface area contributed by atoms with Gasteiger partial charge in [0.05, 0.1) is 13.2 Å².